The van der Waals surface area contributed by atoms with E-state index in [4.69, 9.17) is 4.74 Å². The van der Waals surface area contributed by atoms with Crippen molar-refractivity contribution in [1.29, 1.82) is 0 Å². The van der Waals surface area contributed by atoms with Crippen LogP contribution in [0, 0.1) is 5.92 Å². The molecule has 1 heterocycles. The molecule has 0 spiro atoms. The van der Waals surface area contributed by atoms with Crippen molar-refractivity contribution in [2.45, 2.75) is 33.2 Å². The van der Waals surface area contributed by atoms with Crippen LogP contribution in [0.4, 0.5) is 0 Å². The minimum absolute atomic E-state index is 0.000449. The van der Waals surface area contributed by atoms with E-state index in [1.807, 2.05) is 6.92 Å². The number of allylic oxidation sites excluding steroid dienone is 1. The van der Waals surface area contributed by atoms with E-state index in [1.165, 1.54) is 0 Å². The summed E-state index contributed by atoms with van der Waals surface area (Å²) in [6, 6.07) is 0.420. The topological polar surface area (TPSA) is 41.6 Å². The second-order valence-corrected chi connectivity index (χ2v) is 5.18. The summed E-state index contributed by atoms with van der Waals surface area (Å²) >= 11 is 0. The molecule has 1 unspecified atom stereocenters. The van der Waals surface area contributed by atoms with Crippen LogP contribution in [0.2, 0.25) is 0 Å². The number of carbonyl (C=O) groups excluding carboxylic acids is 1. The summed E-state index contributed by atoms with van der Waals surface area (Å²) in [4.78, 5) is 13.9. The predicted molar refractivity (Wildman–Crippen MR) is 73.5 cm³/mol. The molecule has 18 heavy (non-hydrogen) atoms. The lowest BCUT2D eigenvalue weighted by atomic mass is 10.0. The van der Waals surface area contributed by atoms with Crippen molar-refractivity contribution >= 4 is 5.91 Å². The first-order valence-corrected chi connectivity index (χ1v) is 6.85. The number of nitrogens with one attached hydrogen (secondary N) is 1. The van der Waals surface area contributed by atoms with Crippen LogP contribution < -0.4 is 5.32 Å². The maximum absolute atomic E-state index is 11.5. The Morgan fingerprint density at radius 3 is 2.61 bits per heavy atom. The second-order valence-electron chi connectivity index (χ2n) is 5.18. The summed E-state index contributed by atoms with van der Waals surface area (Å²) < 4.78 is 5.38. The third-order valence-corrected chi connectivity index (χ3v) is 3.14. The number of hydrogen-bond donors (Lipinski definition) is 1. The van der Waals surface area contributed by atoms with Gasteiger partial charge in [-0.2, -0.15) is 0 Å². The van der Waals surface area contributed by atoms with E-state index in [0.29, 0.717) is 12.0 Å². The highest BCUT2D eigenvalue weighted by molar-refractivity contribution is 5.87. The third-order valence-electron chi connectivity index (χ3n) is 3.14. The zero-order chi connectivity index (χ0) is 13.4. The molecule has 1 fully saturated rings. The fourth-order valence-corrected chi connectivity index (χ4v) is 2.28. The number of amides is 1. The van der Waals surface area contributed by atoms with E-state index in [2.05, 4.69) is 24.1 Å². The van der Waals surface area contributed by atoms with Gasteiger partial charge in [0.25, 0.3) is 0 Å². The van der Waals surface area contributed by atoms with E-state index in [0.717, 1.165) is 39.3 Å². The lowest BCUT2D eigenvalue weighted by Gasteiger charge is -2.35. The monoisotopic (exact) mass is 254 g/mol. The molecule has 1 atom stereocenters. The second kappa shape index (κ2) is 8.27. The number of morpholine rings is 1. The molecule has 0 radical (unpaired) electrons. The van der Waals surface area contributed by atoms with Gasteiger partial charge in [0.2, 0.25) is 5.91 Å². The molecule has 0 saturated carbocycles. The van der Waals surface area contributed by atoms with Gasteiger partial charge in [-0.3, -0.25) is 9.69 Å². The van der Waals surface area contributed by atoms with Crippen LogP contribution in [-0.4, -0.2) is 49.7 Å². The molecule has 1 saturated heterocycles. The van der Waals surface area contributed by atoms with Crippen LogP contribution in [0.5, 0.6) is 0 Å². The Morgan fingerprint density at radius 2 is 2.06 bits per heavy atom. The summed E-state index contributed by atoms with van der Waals surface area (Å²) in [5.41, 5.74) is 0. The number of carbonyl (C=O) groups is 1. The molecule has 0 aliphatic carbocycles. The normalized spacial score (nSPS) is 19.3. The largest absolute Gasteiger partial charge is 0.379 e. The molecule has 1 N–H and O–H groups in total. The standard InChI is InChI=1S/C14H26N2O2/c1-4-5-14(17)15-11-13(10-12(2)3)16-6-8-18-9-7-16/h4-5,12-13H,6-11H2,1-3H3,(H,15,17). The maximum Gasteiger partial charge on any atom is 0.243 e. The van der Waals surface area contributed by atoms with Gasteiger partial charge in [0, 0.05) is 25.7 Å². The van der Waals surface area contributed by atoms with Crippen molar-refractivity contribution in [1.82, 2.24) is 10.2 Å². The van der Waals surface area contributed by atoms with Crippen molar-refractivity contribution in [3.63, 3.8) is 0 Å². The van der Waals surface area contributed by atoms with E-state index in [-0.39, 0.29) is 5.91 Å². The average Bonchev–Trinajstić information content (AvgIpc) is 2.35. The third kappa shape index (κ3) is 5.65. The van der Waals surface area contributed by atoms with Crippen molar-refractivity contribution in [2.24, 2.45) is 5.92 Å². The minimum Gasteiger partial charge on any atom is -0.379 e. The van der Waals surface area contributed by atoms with Crippen LogP contribution >= 0.6 is 0 Å². The van der Waals surface area contributed by atoms with Crippen molar-refractivity contribution in [3.05, 3.63) is 12.2 Å². The first-order chi connectivity index (χ1) is 8.63. The Kier molecular flexibility index (Phi) is 6.98. The summed E-state index contributed by atoms with van der Waals surface area (Å²) in [5, 5.41) is 2.98. The van der Waals surface area contributed by atoms with Gasteiger partial charge in [0.15, 0.2) is 0 Å². The fraction of sp³-hybridized carbons (Fsp3) is 0.786. The van der Waals surface area contributed by atoms with Crippen LogP contribution in [0.3, 0.4) is 0 Å². The van der Waals surface area contributed by atoms with Gasteiger partial charge in [0.1, 0.15) is 0 Å². The van der Waals surface area contributed by atoms with E-state index in [9.17, 15) is 4.79 Å². The molecule has 0 aromatic heterocycles. The Bertz CT molecular complexity index is 271. The molecule has 0 aromatic rings. The molecule has 1 amide bonds. The van der Waals surface area contributed by atoms with Crippen LogP contribution in [0.15, 0.2) is 12.2 Å². The van der Waals surface area contributed by atoms with Crippen molar-refractivity contribution in [3.8, 4) is 0 Å². The molecule has 104 valence electrons. The van der Waals surface area contributed by atoms with E-state index >= 15 is 0 Å². The summed E-state index contributed by atoms with van der Waals surface area (Å²) in [5.74, 6) is 0.635. The molecule has 4 heteroatoms. The number of rotatable bonds is 6. The highest BCUT2D eigenvalue weighted by Gasteiger charge is 2.21. The zero-order valence-corrected chi connectivity index (χ0v) is 11.8. The summed E-state index contributed by atoms with van der Waals surface area (Å²) in [6.45, 7) is 10.6. The van der Waals surface area contributed by atoms with E-state index in [1.54, 1.807) is 12.2 Å². The zero-order valence-electron chi connectivity index (χ0n) is 11.8. The smallest absolute Gasteiger partial charge is 0.243 e. The quantitative estimate of drug-likeness (QED) is 0.729. The predicted octanol–water partition coefficient (Wildman–Crippen LogP) is 1.43. The number of nitrogens with zero attached hydrogens (tertiary/aromatic N) is 1. The Morgan fingerprint density at radius 1 is 1.39 bits per heavy atom. The fourth-order valence-electron chi connectivity index (χ4n) is 2.28. The molecule has 1 aliphatic heterocycles. The molecule has 0 aromatic carbocycles. The van der Waals surface area contributed by atoms with Crippen LogP contribution in [0.25, 0.3) is 0 Å². The van der Waals surface area contributed by atoms with Crippen LogP contribution in [0.1, 0.15) is 27.2 Å². The highest BCUT2D eigenvalue weighted by Crippen LogP contribution is 2.12. The highest BCUT2D eigenvalue weighted by atomic mass is 16.5. The lowest BCUT2D eigenvalue weighted by Crippen LogP contribution is -2.49. The van der Waals surface area contributed by atoms with Gasteiger partial charge in [-0.15, -0.1) is 0 Å². The maximum atomic E-state index is 11.5. The SMILES string of the molecule is CC=CC(=O)NCC(CC(C)C)N1CCOCC1. The first kappa shape index (κ1) is 15.2. The van der Waals surface area contributed by atoms with Crippen molar-refractivity contribution in [2.75, 3.05) is 32.8 Å². The van der Waals surface area contributed by atoms with E-state index < -0.39 is 0 Å². The Labute approximate surface area is 110 Å². The van der Waals surface area contributed by atoms with Gasteiger partial charge < -0.3 is 10.1 Å². The molecular formula is C14H26N2O2. The Balaban J connectivity index is 2.46. The van der Waals surface area contributed by atoms with Gasteiger partial charge in [0.05, 0.1) is 13.2 Å². The van der Waals surface area contributed by atoms with Crippen LogP contribution in [-0.2, 0) is 9.53 Å². The summed E-state index contributed by atoms with van der Waals surface area (Å²) in [7, 11) is 0. The first-order valence-electron chi connectivity index (χ1n) is 6.85. The average molecular weight is 254 g/mol. The lowest BCUT2D eigenvalue weighted by molar-refractivity contribution is -0.116. The number of ether oxygens (including phenoxy) is 1. The number of hydrogen-bond acceptors (Lipinski definition) is 3. The Hall–Kier alpha value is -0.870. The molecule has 1 aliphatic rings. The van der Waals surface area contributed by atoms with Gasteiger partial charge >= 0.3 is 0 Å². The van der Waals surface area contributed by atoms with Gasteiger partial charge in [-0.1, -0.05) is 19.9 Å². The van der Waals surface area contributed by atoms with Gasteiger partial charge in [-0.05, 0) is 25.3 Å². The summed E-state index contributed by atoms with van der Waals surface area (Å²) in [6.07, 6.45) is 4.45. The minimum atomic E-state index is -0.000449. The van der Waals surface area contributed by atoms with Gasteiger partial charge in [-0.25, -0.2) is 0 Å². The van der Waals surface area contributed by atoms with Crippen molar-refractivity contribution < 1.29 is 9.53 Å². The molecular weight excluding hydrogens is 228 g/mol. The molecule has 4 nitrogen and oxygen atoms in total. The molecule has 1 rings (SSSR count). The molecule has 0 bridgehead atoms.